The van der Waals surface area contributed by atoms with Gasteiger partial charge < -0.3 is 0 Å². The lowest BCUT2D eigenvalue weighted by Gasteiger charge is -2.24. The number of nitrogens with zero attached hydrogens (tertiary/aromatic N) is 1. The summed E-state index contributed by atoms with van der Waals surface area (Å²) in [6.45, 7) is 7.41. The molecule has 0 unspecified atom stereocenters. The molecule has 0 amide bonds. The molecule has 1 nitrogen and oxygen atoms in total. The Bertz CT molecular complexity index is 401. The predicted octanol–water partition coefficient (Wildman–Crippen LogP) is 4.25. The Morgan fingerprint density at radius 1 is 1.19 bits per heavy atom. The van der Waals surface area contributed by atoms with E-state index in [9.17, 15) is 5.26 Å². The van der Waals surface area contributed by atoms with E-state index in [4.69, 9.17) is 11.6 Å². The number of halogens is 1. The molecule has 0 heterocycles. The molecule has 0 aliphatic heterocycles. The summed E-state index contributed by atoms with van der Waals surface area (Å²) < 4.78 is 0. The molecule has 0 spiro atoms. The average molecular weight is 232 g/mol. The zero-order chi connectivity index (χ0) is 12.0. The normalized spacial score (nSPS) is 10.5. The summed E-state index contributed by atoms with van der Waals surface area (Å²) in [7, 11) is 0. The number of nitriles is 1. The molecular formula is C14H14ClN. The van der Waals surface area contributed by atoms with Gasteiger partial charge >= 0.3 is 0 Å². The molecule has 82 valence electrons. The van der Waals surface area contributed by atoms with Gasteiger partial charge in [0.05, 0.1) is 11.5 Å². The second-order valence-corrected chi connectivity index (χ2v) is 4.12. The highest BCUT2D eigenvalue weighted by Gasteiger charge is 2.29. The monoisotopic (exact) mass is 231 g/mol. The van der Waals surface area contributed by atoms with Gasteiger partial charge in [0.25, 0.3) is 0 Å². The molecule has 0 atom stereocenters. The van der Waals surface area contributed by atoms with Gasteiger partial charge in [0.2, 0.25) is 0 Å². The Kier molecular flexibility index (Phi) is 4.34. The van der Waals surface area contributed by atoms with Gasteiger partial charge in [0.1, 0.15) is 0 Å². The van der Waals surface area contributed by atoms with E-state index in [1.807, 2.05) is 12.1 Å². The quantitative estimate of drug-likeness (QED) is 0.695. The van der Waals surface area contributed by atoms with Crippen LogP contribution in [0.4, 0.5) is 0 Å². The molecule has 0 aromatic heterocycles. The van der Waals surface area contributed by atoms with Crippen molar-refractivity contribution in [2.75, 3.05) is 0 Å². The lowest BCUT2D eigenvalue weighted by atomic mass is 9.76. The zero-order valence-corrected chi connectivity index (χ0v) is 9.87. The summed E-state index contributed by atoms with van der Waals surface area (Å²) in [5.74, 6) is 0. The fraction of sp³-hybridized carbons (Fsp3) is 0.214. The van der Waals surface area contributed by atoms with Crippen LogP contribution < -0.4 is 0 Å². The van der Waals surface area contributed by atoms with Crippen molar-refractivity contribution < 1.29 is 0 Å². The minimum atomic E-state index is -0.561. The molecule has 0 N–H and O–H groups in total. The lowest BCUT2D eigenvalue weighted by Crippen LogP contribution is -2.22. The molecule has 1 aromatic carbocycles. The molecule has 0 fully saturated rings. The molecule has 0 aliphatic carbocycles. The van der Waals surface area contributed by atoms with E-state index < -0.39 is 5.41 Å². The average Bonchev–Trinajstić information content (AvgIpc) is 2.29. The summed E-state index contributed by atoms with van der Waals surface area (Å²) in [6.07, 6.45) is 4.75. The van der Waals surface area contributed by atoms with Crippen LogP contribution in [0.2, 0.25) is 5.02 Å². The molecule has 1 aromatic rings. The van der Waals surface area contributed by atoms with Crippen LogP contribution in [0.5, 0.6) is 0 Å². The Hall–Kier alpha value is -1.52. The Labute approximate surface area is 102 Å². The minimum Gasteiger partial charge on any atom is -0.197 e. The molecule has 16 heavy (non-hydrogen) atoms. The minimum absolute atomic E-state index is 0.561. The maximum Gasteiger partial charge on any atom is 0.0890 e. The van der Waals surface area contributed by atoms with Crippen LogP contribution >= 0.6 is 11.6 Å². The summed E-state index contributed by atoms with van der Waals surface area (Å²) >= 11 is 5.84. The lowest BCUT2D eigenvalue weighted by molar-refractivity contribution is 0.566. The van der Waals surface area contributed by atoms with Crippen molar-refractivity contribution in [1.82, 2.24) is 0 Å². The molecular weight excluding hydrogens is 218 g/mol. The van der Waals surface area contributed by atoms with Crippen LogP contribution in [-0.2, 0) is 5.41 Å². The highest BCUT2D eigenvalue weighted by molar-refractivity contribution is 6.30. The molecule has 0 saturated heterocycles. The van der Waals surface area contributed by atoms with Gasteiger partial charge in [-0.25, -0.2) is 0 Å². The highest BCUT2D eigenvalue weighted by atomic mass is 35.5. The van der Waals surface area contributed by atoms with Gasteiger partial charge in [-0.3, -0.25) is 0 Å². The number of hydrogen-bond donors (Lipinski definition) is 0. The van der Waals surface area contributed by atoms with E-state index >= 15 is 0 Å². The number of allylic oxidation sites excluding steroid dienone is 2. The van der Waals surface area contributed by atoms with Crippen LogP contribution in [0.3, 0.4) is 0 Å². The predicted molar refractivity (Wildman–Crippen MR) is 68.4 cm³/mol. The van der Waals surface area contributed by atoms with E-state index in [1.165, 1.54) is 0 Å². The van der Waals surface area contributed by atoms with E-state index in [1.54, 1.807) is 24.3 Å². The zero-order valence-electron chi connectivity index (χ0n) is 9.12. The van der Waals surface area contributed by atoms with Crippen LogP contribution in [0.15, 0.2) is 49.6 Å². The van der Waals surface area contributed by atoms with Crippen molar-refractivity contribution in [3.63, 3.8) is 0 Å². The van der Waals surface area contributed by atoms with E-state index in [0.29, 0.717) is 17.9 Å². The van der Waals surface area contributed by atoms with Crippen molar-refractivity contribution >= 4 is 11.6 Å². The van der Waals surface area contributed by atoms with E-state index in [2.05, 4.69) is 19.2 Å². The van der Waals surface area contributed by atoms with Crippen molar-refractivity contribution in [2.45, 2.75) is 18.3 Å². The Morgan fingerprint density at radius 3 is 2.06 bits per heavy atom. The number of rotatable bonds is 5. The molecule has 2 heteroatoms. The summed E-state index contributed by atoms with van der Waals surface area (Å²) in [6, 6.07) is 9.74. The van der Waals surface area contributed by atoms with Gasteiger partial charge in [-0.2, -0.15) is 5.26 Å². The first-order chi connectivity index (χ1) is 7.68. The fourth-order valence-electron chi connectivity index (χ4n) is 1.74. The molecule has 0 saturated carbocycles. The molecule has 1 rings (SSSR count). The first kappa shape index (κ1) is 12.5. The van der Waals surface area contributed by atoms with Gasteiger partial charge in [-0.05, 0) is 30.5 Å². The van der Waals surface area contributed by atoms with Crippen molar-refractivity contribution in [1.29, 1.82) is 5.26 Å². The molecule has 0 bridgehead atoms. The first-order valence-corrected chi connectivity index (χ1v) is 5.45. The second-order valence-electron chi connectivity index (χ2n) is 3.69. The van der Waals surface area contributed by atoms with E-state index in [-0.39, 0.29) is 0 Å². The van der Waals surface area contributed by atoms with Gasteiger partial charge in [0, 0.05) is 5.02 Å². The van der Waals surface area contributed by atoms with Gasteiger partial charge in [0.15, 0.2) is 0 Å². The standard InChI is InChI=1S/C14H14ClN/c1-3-9-14(11-16,10-4-2)12-5-7-13(15)8-6-12/h3-8H,1-2,9-10H2. The van der Waals surface area contributed by atoms with Gasteiger partial charge in [-0.15, -0.1) is 13.2 Å². The largest absolute Gasteiger partial charge is 0.197 e. The number of benzene rings is 1. The van der Waals surface area contributed by atoms with Gasteiger partial charge in [-0.1, -0.05) is 35.9 Å². The second kappa shape index (κ2) is 5.53. The maximum atomic E-state index is 9.38. The van der Waals surface area contributed by atoms with Crippen molar-refractivity contribution in [3.8, 4) is 6.07 Å². The topological polar surface area (TPSA) is 23.8 Å². The third kappa shape index (κ3) is 2.53. The maximum absolute atomic E-state index is 9.38. The Morgan fingerprint density at radius 2 is 1.69 bits per heavy atom. The summed E-state index contributed by atoms with van der Waals surface area (Å²) in [5.41, 5.74) is 0.396. The molecule has 0 radical (unpaired) electrons. The smallest absolute Gasteiger partial charge is 0.0890 e. The van der Waals surface area contributed by atoms with Crippen molar-refractivity contribution in [3.05, 3.63) is 60.2 Å². The van der Waals surface area contributed by atoms with Crippen molar-refractivity contribution in [2.24, 2.45) is 0 Å². The third-order valence-electron chi connectivity index (χ3n) is 2.60. The van der Waals surface area contributed by atoms with E-state index in [0.717, 1.165) is 5.56 Å². The number of hydrogen-bond acceptors (Lipinski definition) is 1. The van der Waals surface area contributed by atoms with Crippen LogP contribution in [-0.4, -0.2) is 0 Å². The van der Waals surface area contributed by atoms with Crippen LogP contribution in [0, 0.1) is 11.3 Å². The SMILES string of the molecule is C=CCC(C#N)(CC=C)c1ccc(Cl)cc1. The summed E-state index contributed by atoms with van der Waals surface area (Å²) in [5, 5.41) is 10.1. The Balaban J connectivity index is 3.18. The van der Waals surface area contributed by atoms with Crippen LogP contribution in [0.1, 0.15) is 18.4 Å². The fourth-order valence-corrected chi connectivity index (χ4v) is 1.86. The highest BCUT2D eigenvalue weighted by Crippen LogP contribution is 2.32. The third-order valence-corrected chi connectivity index (χ3v) is 2.85. The summed E-state index contributed by atoms with van der Waals surface area (Å²) in [4.78, 5) is 0. The first-order valence-electron chi connectivity index (χ1n) is 5.07. The van der Waals surface area contributed by atoms with Crippen LogP contribution in [0.25, 0.3) is 0 Å². The molecule has 0 aliphatic rings.